The fourth-order valence-electron chi connectivity index (χ4n) is 3.06. The second-order valence-electron chi connectivity index (χ2n) is 5.62. The van der Waals surface area contributed by atoms with Crippen molar-refractivity contribution in [3.05, 3.63) is 12.2 Å². The maximum Gasteiger partial charge on any atom is 0.167 e. The van der Waals surface area contributed by atoms with E-state index in [1.807, 2.05) is 7.05 Å². The first-order chi connectivity index (χ1) is 8.70. The molecule has 1 aliphatic rings. The summed E-state index contributed by atoms with van der Waals surface area (Å²) in [4.78, 5) is 4.31. The van der Waals surface area contributed by atoms with Crippen molar-refractivity contribution in [1.82, 2.24) is 20.1 Å². The largest absolute Gasteiger partial charge is 0.307 e. The normalized spacial score (nSPS) is 26.2. The molecule has 0 radical (unpaired) electrons. The van der Waals surface area contributed by atoms with Crippen LogP contribution in [0.2, 0.25) is 0 Å². The monoisotopic (exact) mass is 250 g/mol. The Bertz CT molecular complexity index is 360. The summed E-state index contributed by atoms with van der Waals surface area (Å²) in [6.07, 6.45) is 8.71. The van der Waals surface area contributed by atoms with Gasteiger partial charge in [-0.05, 0) is 31.7 Å². The van der Waals surface area contributed by atoms with Crippen LogP contribution in [0.3, 0.4) is 0 Å². The molecule has 0 amide bonds. The van der Waals surface area contributed by atoms with Gasteiger partial charge in [0.25, 0.3) is 0 Å². The van der Waals surface area contributed by atoms with E-state index in [0.717, 1.165) is 24.2 Å². The summed E-state index contributed by atoms with van der Waals surface area (Å²) in [5.41, 5.74) is 0. The number of aromatic nitrogens is 3. The van der Waals surface area contributed by atoms with Gasteiger partial charge in [-0.1, -0.05) is 32.6 Å². The van der Waals surface area contributed by atoms with E-state index in [9.17, 15) is 0 Å². The van der Waals surface area contributed by atoms with Gasteiger partial charge in [0.2, 0.25) is 0 Å². The second kappa shape index (κ2) is 6.32. The van der Waals surface area contributed by atoms with E-state index in [1.54, 1.807) is 11.0 Å². The van der Waals surface area contributed by atoms with Crippen molar-refractivity contribution in [3.8, 4) is 0 Å². The van der Waals surface area contributed by atoms with Crippen LogP contribution in [0, 0.1) is 11.8 Å². The molecule has 0 saturated heterocycles. The van der Waals surface area contributed by atoms with Gasteiger partial charge in [-0.15, -0.1) is 0 Å². The number of hydrogen-bond donors (Lipinski definition) is 1. The van der Waals surface area contributed by atoms with Gasteiger partial charge in [-0.25, -0.2) is 4.98 Å². The third-order valence-electron chi connectivity index (χ3n) is 4.28. The van der Waals surface area contributed by atoms with E-state index in [4.69, 9.17) is 0 Å². The lowest BCUT2D eigenvalue weighted by molar-refractivity contribution is 0.218. The lowest BCUT2D eigenvalue weighted by Crippen LogP contribution is -2.32. The predicted octanol–water partition coefficient (Wildman–Crippen LogP) is 2.68. The Balaban J connectivity index is 1.83. The highest BCUT2D eigenvalue weighted by Gasteiger charge is 2.24. The van der Waals surface area contributed by atoms with Gasteiger partial charge in [0.05, 0.1) is 6.04 Å². The molecule has 1 aliphatic carbocycles. The fraction of sp³-hybridized carbons (Fsp3) is 0.857. The van der Waals surface area contributed by atoms with Crippen molar-refractivity contribution >= 4 is 0 Å². The van der Waals surface area contributed by atoms with E-state index in [1.165, 1.54) is 32.1 Å². The minimum Gasteiger partial charge on any atom is -0.307 e. The summed E-state index contributed by atoms with van der Waals surface area (Å²) in [5, 5.41) is 7.96. The number of nitrogens with one attached hydrogen (secondary N) is 1. The van der Waals surface area contributed by atoms with Gasteiger partial charge in [-0.3, -0.25) is 4.68 Å². The molecule has 1 heterocycles. The van der Waals surface area contributed by atoms with E-state index in [-0.39, 0.29) is 6.04 Å². The molecule has 4 nitrogen and oxygen atoms in total. The average molecular weight is 250 g/mol. The van der Waals surface area contributed by atoms with Crippen LogP contribution in [0.25, 0.3) is 0 Å². The topological polar surface area (TPSA) is 42.7 Å². The minimum atomic E-state index is 0.255. The van der Waals surface area contributed by atoms with Gasteiger partial charge < -0.3 is 5.32 Å². The first kappa shape index (κ1) is 13.5. The molecule has 3 atom stereocenters. The summed E-state index contributed by atoms with van der Waals surface area (Å²) < 4.78 is 1.77. The average Bonchev–Trinajstić information content (AvgIpc) is 2.83. The highest BCUT2D eigenvalue weighted by molar-refractivity contribution is 4.90. The zero-order valence-corrected chi connectivity index (χ0v) is 11.9. The molecule has 4 heteroatoms. The molecule has 0 spiro atoms. The Labute approximate surface area is 110 Å². The van der Waals surface area contributed by atoms with Crippen LogP contribution >= 0.6 is 0 Å². The summed E-state index contributed by atoms with van der Waals surface area (Å²) >= 11 is 0. The Hall–Kier alpha value is -0.900. The molecule has 102 valence electrons. The Morgan fingerprint density at radius 2 is 2.11 bits per heavy atom. The molecule has 0 bridgehead atoms. The van der Waals surface area contributed by atoms with Crippen molar-refractivity contribution in [2.75, 3.05) is 6.54 Å². The van der Waals surface area contributed by atoms with Gasteiger partial charge in [0.15, 0.2) is 5.82 Å². The molecule has 0 aliphatic heterocycles. The quantitative estimate of drug-likeness (QED) is 0.873. The van der Waals surface area contributed by atoms with Crippen LogP contribution in [0.5, 0.6) is 0 Å². The molecular weight excluding hydrogens is 224 g/mol. The highest BCUT2D eigenvalue weighted by Crippen LogP contribution is 2.31. The maximum absolute atomic E-state index is 4.36. The second-order valence-corrected chi connectivity index (χ2v) is 5.62. The van der Waals surface area contributed by atoms with Gasteiger partial charge >= 0.3 is 0 Å². The van der Waals surface area contributed by atoms with Gasteiger partial charge in [0.1, 0.15) is 6.33 Å². The Morgan fingerprint density at radius 1 is 1.39 bits per heavy atom. The van der Waals surface area contributed by atoms with E-state index in [2.05, 4.69) is 29.2 Å². The summed E-state index contributed by atoms with van der Waals surface area (Å²) in [5.74, 6) is 2.66. The first-order valence-corrected chi connectivity index (χ1v) is 7.29. The van der Waals surface area contributed by atoms with Crippen LogP contribution in [-0.2, 0) is 7.05 Å². The minimum absolute atomic E-state index is 0.255. The summed E-state index contributed by atoms with van der Waals surface area (Å²) in [6.45, 7) is 5.59. The molecule has 0 aromatic carbocycles. The van der Waals surface area contributed by atoms with Gasteiger partial charge in [0, 0.05) is 7.05 Å². The summed E-state index contributed by atoms with van der Waals surface area (Å²) in [7, 11) is 1.91. The van der Waals surface area contributed by atoms with Crippen molar-refractivity contribution < 1.29 is 0 Å². The number of hydrogen-bond acceptors (Lipinski definition) is 3. The third kappa shape index (κ3) is 3.31. The molecule has 2 rings (SSSR count). The van der Waals surface area contributed by atoms with E-state index in [0.29, 0.717) is 0 Å². The number of rotatable bonds is 5. The third-order valence-corrected chi connectivity index (χ3v) is 4.28. The van der Waals surface area contributed by atoms with Crippen LogP contribution in [-0.4, -0.2) is 21.3 Å². The Morgan fingerprint density at radius 3 is 2.72 bits per heavy atom. The van der Waals surface area contributed by atoms with Crippen molar-refractivity contribution in [2.24, 2.45) is 18.9 Å². The fourth-order valence-corrected chi connectivity index (χ4v) is 3.06. The van der Waals surface area contributed by atoms with Crippen molar-refractivity contribution in [2.45, 2.75) is 52.0 Å². The SMILES string of the molecule is CCC1CCCCC1CNC(C)c1ncn(C)n1. The lowest BCUT2D eigenvalue weighted by atomic mass is 9.78. The van der Waals surface area contributed by atoms with Crippen LogP contribution in [0.1, 0.15) is 57.8 Å². The van der Waals surface area contributed by atoms with Gasteiger partial charge in [-0.2, -0.15) is 5.10 Å². The van der Waals surface area contributed by atoms with E-state index >= 15 is 0 Å². The Kier molecular flexibility index (Phi) is 4.75. The maximum atomic E-state index is 4.36. The molecule has 18 heavy (non-hydrogen) atoms. The van der Waals surface area contributed by atoms with Crippen LogP contribution in [0.4, 0.5) is 0 Å². The molecule has 1 aromatic rings. The summed E-state index contributed by atoms with van der Waals surface area (Å²) in [6, 6.07) is 0.255. The number of aryl methyl sites for hydroxylation is 1. The van der Waals surface area contributed by atoms with Crippen molar-refractivity contribution in [1.29, 1.82) is 0 Å². The molecule has 3 unspecified atom stereocenters. The van der Waals surface area contributed by atoms with Crippen molar-refractivity contribution in [3.63, 3.8) is 0 Å². The zero-order valence-electron chi connectivity index (χ0n) is 11.9. The zero-order chi connectivity index (χ0) is 13.0. The molecule has 1 aromatic heterocycles. The lowest BCUT2D eigenvalue weighted by Gasteiger charge is -2.31. The van der Waals surface area contributed by atoms with Crippen LogP contribution in [0.15, 0.2) is 6.33 Å². The smallest absolute Gasteiger partial charge is 0.167 e. The number of nitrogens with zero attached hydrogens (tertiary/aromatic N) is 3. The predicted molar refractivity (Wildman–Crippen MR) is 73.2 cm³/mol. The molecule has 1 fully saturated rings. The van der Waals surface area contributed by atoms with E-state index < -0.39 is 0 Å². The van der Waals surface area contributed by atoms with Crippen LogP contribution < -0.4 is 5.32 Å². The standard InChI is InChI=1S/C14H26N4/c1-4-12-7-5-6-8-13(12)9-15-11(2)14-16-10-18(3)17-14/h10-13,15H,4-9H2,1-3H3. The first-order valence-electron chi connectivity index (χ1n) is 7.29. The highest BCUT2D eigenvalue weighted by atomic mass is 15.3. The molecule has 1 N–H and O–H groups in total. The molecular formula is C14H26N4. The molecule has 1 saturated carbocycles.